The van der Waals surface area contributed by atoms with Crippen molar-refractivity contribution in [2.75, 3.05) is 6.54 Å². The molecule has 1 aliphatic rings. The molecule has 0 bridgehead atoms. The van der Waals surface area contributed by atoms with Gasteiger partial charge in [0, 0.05) is 12.2 Å². The fourth-order valence-electron chi connectivity index (χ4n) is 1.89. The van der Waals surface area contributed by atoms with E-state index in [-0.39, 0.29) is 0 Å². The molecule has 0 aromatic rings. The van der Waals surface area contributed by atoms with Crippen molar-refractivity contribution in [2.45, 2.75) is 52.4 Å². The maximum Gasteiger partial charge on any atom is 0.0169 e. The van der Waals surface area contributed by atoms with E-state index in [1.54, 1.807) is 0 Å². The molecule has 0 amide bonds. The second-order valence-electron chi connectivity index (χ2n) is 4.64. The van der Waals surface area contributed by atoms with Gasteiger partial charge in [0.1, 0.15) is 0 Å². The van der Waals surface area contributed by atoms with Crippen molar-refractivity contribution in [3.8, 4) is 0 Å². The zero-order valence-corrected chi connectivity index (χ0v) is 10.3. The van der Waals surface area contributed by atoms with Crippen molar-refractivity contribution in [1.29, 1.82) is 0 Å². The van der Waals surface area contributed by atoms with Gasteiger partial charge in [-0.1, -0.05) is 38.8 Å². The predicted molar refractivity (Wildman–Crippen MR) is 67.8 cm³/mol. The summed E-state index contributed by atoms with van der Waals surface area (Å²) >= 11 is 0. The van der Waals surface area contributed by atoms with Gasteiger partial charge in [0.15, 0.2) is 0 Å². The molecule has 0 aromatic heterocycles. The van der Waals surface area contributed by atoms with Crippen LogP contribution in [-0.2, 0) is 0 Å². The highest BCUT2D eigenvalue weighted by atomic mass is 14.9. The first-order valence-electron chi connectivity index (χ1n) is 6.42. The number of rotatable bonds is 3. The summed E-state index contributed by atoms with van der Waals surface area (Å²) in [7, 11) is 0. The fourth-order valence-corrected chi connectivity index (χ4v) is 1.89. The first-order valence-corrected chi connectivity index (χ1v) is 6.42. The number of nitrogens with one attached hydrogen (secondary N) is 1. The monoisotopic (exact) mass is 207 g/mol. The van der Waals surface area contributed by atoms with Crippen molar-refractivity contribution in [1.82, 2.24) is 5.32 Å². The molecule has 1 unspecified atom stereocenters. The number of allylic oxidation sites excluding steroid dienone is 4. The van der Waals surface area contributed by atoms with Gasteiger partial charge in [0.05, 0.1) is 0 Å². The summed E-state index contributed by atoms with van der Waals surface area (Å²) < 4.78 is 0. The molecule has 1 rings (SSSR count). The molecule has 1 saturated heterocycles. The van der Waals surface area contributed by atoms with E-state index >= 15 is 0 Å². The lowest BCUT2D eigenvalue weighted by Gasteiger charge is -2.19. The summed E-state index contributed by atoms with van der Waals surface area (Å²) in [4.78, 5) is 0. The quantitative estimate of drug-likeness (QED) is 0.737. The van der Waals surface area contributed by atoms with Crippen LogP contribution in [-0.4, -0.2) is 6.54 Å². The lowest BCUT2D eigenvalue weighted by Crippen LogP contribution is -2.22. The van der Waals surface area contributed by atoms with E-state index in [1.807, 2.05) is 0 Å². The molecular weight excluding hydrogens is 182 g/mol. The molecule has 0 aromatic carbocycles. The van der Waals surface area contributed by atoms with E-state index in [0.717, 1.165) is 12.5 Å². The summed E-state index contributed by atoms with van der Waals surface area (Å²) in [5.41, 5.74) is 1.42. The van der Waals surface area contributed by atoms with Crippen LogP contribution in [0, 0.1) is 5.92 Å². The molecule has 1 atom stereocenters. The molecule has 1 heterocycles. The van der Waals surface area contributed by atoms with Gasteiger partial charge >= 0.3 is 0 Å². The number of unbranched alkanes of at least 4 members (excludes halogenated alkanes) is 1. The molecule has 1 aliphatic heterocycles. The van der Waals surface area contributed by atoms with Crippen LogP contribution >= 0.6 is 0 Å². The zero-order valence-electron chi connectivity index (χ0n) is 10.3. The third-order valence-electron chi connectivity index (χ3n) is 2.96. The Labute approximate surface area is 94.6 Å². The van der Waals surface area contributed by atoms with Crippen LogP contribution in [0.3, 0.4) is 0 Å². The van der Waals surface area contributed by atoms with Gasteiger partial charge in [-0.25, -0.2) is 0 Å². The molecule has 15 heavy (non-hydrogen) atoms. The molecule has 1 N–H and O–H groups in total. The molecule has 0 spiro atoms. The molecule has 1 fully saturated rings. The second kappa shape index (κ2) is 7.56. The zero-order chi connectivity index (χ0) is 10.9. The fraction of sp³-hybridized carbons (Fsp3) is 0.714. The summed E-state index contributed by atoms with van der Waals surface area (Å²) in [5, 5.41) is 3.56. The molecule has 0 radical (unpaired) electrons. The summed E-state index contributed by atoms with van der Waals surface area (Å²) in [5.74, 6) is 0.827. The first kappa shape index (κ1) is 12.4. The van der Waals surface area contributed by atoms with Gasteiger partial charge in [0.25, 0.3) is 0 Å². The standard InChI is InChI=1S/C14H25N/c1-3-4-5-6-10-14-11-8-7-9-13(2)12-15-14/h5-6,10,13,15H,3-4,7-9,11-12H2,1-2H3/b6-5+,14-10+. The topological polar surface area (TPSA) is 12.0 Å². The smallest absolute Gasteiger partial charge is 0.0169 e. The lowest BCUT2D eigenvalue weighted by atomic mass is 9.99. The third-order valence-corrected chi connectivity index (χ3v) is 2.96. The van der Waals surface area contributed by atoms with Gasteiger partial charge in [0.2, 0.25) is 0 Å². The molecule has 86 valence electrons. The Morgan fingerprint density at radius 3 is 3.07 bits per heavy atom. The van der Waals surface area contributed by atoms with E-state index < -0.39 is 0 Å². The van der Waals surface area contributed by atoms with Crippen LogP contribution in [0.5, 0.6) is 0 Å². The van der Waals surface area contributed by atoms with Crippen LogP contribution in [0.2, 0.25) is 0 Å². The summed E-state index contributed by atoms with van der Waals surface area (Å²) in [6.45, 7) is 5.70. The third kappa shape index (κ3) is 5.66. The molecule has 0 saturated carbocycles. The Morgan fingerprint density at radius 1 is 1.40 bits per heavy atom. The minimum Gasteiger partial charge on any atom is -0.388 e. The van der Waals surface area contributed by atoms with Gasteiger partial charge in [-0.15, -0.1) is 0 Å². The summed E-state index contributed by atoms with van der Waals surface area (Å²) in [6.07, 6.45) is 14.5. The Bertz CT molecular complexity index is 215. The largest absolute Gasteiger partial charge is 0.388 e. The minimum atomic E-state index is 0.827. The molecular formula is C14H25N. The average molecular weight is 207 g/mol. The Hall–Kier alpha value is -0.720. The van der Waals surface area contributed by atoms with E-state index in [1.165, 1.54) is 44.2 Å². The molecule has 1 heteroatoms. The predicted octanol–water partition coefficient (Wildman–Crippen LogP) is 4.03. The van der Waals surface area contributed by atoms with Crippen LogP contribution in [0.15, 0.2) is 23.9 Å². The minimum absolute atomic E-state index is 0.827. The van der Waals surface area contributed by atoms with E-state index in [9.17, 15) is 0 Å². The SMILES string of the molecule is CCC/C=C/C=C1\CCCCC(C)CN1. The first-order chi connectivity index (χ1) is 7.33. The average Bonchev–Trinajstić information content (AvgIpc) is 2.22. The van der Waals surface area contributed by atoms with Crippen molar-refractivity contribution in [3.05, 3.63) is 23.9 Å². The van der Waals surface area contributed by atoms with Crippen molar-refractivity contribution >= 4 is 0 Å². The summed E-state index contributed by atoms with van der Waals surface area (Å²) in [6, 6.07) is 0. The highest BCUT2D eigenvalue weighted by molar-refractivity contribution is 5.11. The van der Waals surface area contributed by atoms with Gasteiger partial charge in [-0.05, 0) is 37.7 Å². The van der Waals surface area contributed by atoms with E-state index in [4.69, 9.17) is 0 Å². The number of hydrogen-bond donors (Lipinski definition) is 1. The van der Waals surface area contributed by atoms with E-state index in [2.05, 4.69) is 37.4 Å². The van der Waals surface area contributed by atoms with Crippen LogP contribution in [0.25, 0.3) is 0 Å². The van der Waals surface area contributed by atoms with Crippen LogP contribution < -0.4 is 5.32 Å². The molecule has 1 nitrogen and oxygen atoms in total. The van der Waals surface area contributed by atoms with Gasteiger partial charge in [-0.2, -0.15) is 0 Å². The Morgan fingerprint density at radius 2 is 2.27 bits per heavy atom. The van der Waals surface area contributed by atoms with Crippen molar-refractivity contribution < 1.29 is 0 Å². The van der Waals surface area contributed by atoms with Crippen molar-refractivity contribution in [3.63, 3.8) is 0 Å². The lowest BCUT2D eigenvalue weighted by molar-refractivity contribution is 0.448. The van der Waals surface area contributed by atoms with Crippen LogP contribution in [0.1, 0.15) is 52.4 Å². The number of hydrogen-bond acceptors (Lipinski definition) is 1. The van der Waals surface area contributed by atoms with Crippen LogP contribution in [0.4, 0.5) is 0 Å². The van der Waals surface area contributed by atoms with E-state index in [0.29, 0.717) is 0 Å². The highest BCUT2D eigenvalue weighted by Gasteiger charge is 2.07. The van der Waals surface area contributed by atoms with Crippen molar-refractivity contribution in [2.24, 2.45) is 5.92 Å². The normalized spacial score (nSPS) is 26.3. The van der Waals surface area contributed by atoms with Gasteiger partial charge < -0.3 is 5.32 Å². The Kier molecular flexibility index (Phi) is 6.22. The molecule has 0 aliphatic carbocycles. The Balaban J connectivity index is 2.37. The maximum absolute atomic E-state index is 3.56. The highest BCUT2D eigenvalue weighted by Crippen LogP contribution is 2.15. The maximum atomic E-state index is 3.56. The second-order valence-corrected chi connectivity index (χ2v) is 4.64. The van der Waals surface area contributed by atoms with Gasteiger partial charge in [-0.3, -0.25) is 0 Å².